The van der Waals surface area contributed by atoms with E-state index in [0.717, 1.165) is 5.56 Å². The highest BCUT2D eigenvalue weighted by Gasteiger charge is 2.18. The molecule has 0 aliphatic rings. The summed E-state index contributed by atoms with van der Waals surface area (Å²) in [5.41, 5.74) is 6.76. The zero-order valence-corrected chi connectivity index (χ0v) is 10.9. The molecular formula is C14H13N3O4. The smallest absolute Gasteiger partial charge is 0.244 e. The van der Waals surface area contributed by atoms with Crippen molar-refractivity contribution in [2.75, 3.05) is 0 Å². The predicted molar refractivity (Wildman–Crippen MR) is 72.4 cm³/mol. The number of aromatic nitrogens is 2. The molecule has 3 aromatic rings. The first-order valence-corrected chi connectivity index (χ1v) is 6.27. The predicted octanol–water partition coefficient (Wildman–Crippen LogP) is 1.98. The molecule has 7 heteroatoms. The third-order valence-electron chi connectivity index (χ3n) is 3.00. The highest BCUT2D eigenvalue weighted by Crippen LogP contribution is 2.27. The molecule has 3 rings (SSSR count). The van der Waals surface area contributed by atoms with Crippen molar-refractivity contribution in [3.05, 3.63) is 48.0 Å². The molecule has 0 saturated heterocycles. The lowest BCUT2D eigenvalue weighted by molar-refractivity contribution is 0.353. The van der Waals surface area contributed by atoms with Gasteiger partial charge in [-0.15, -0.1) is 0 Å². The van der Waals surface area contributed by atoms with E-state index in [1.54, 1.807) is 18.2 Å². The summed E-state index contributed by atoms with van der Waals surface area (Å²) in [7, 11) is 0. The number of benzene rings is 1. The molecule has 0 aliphatic carbocycles. The highest BCUT2D eigenvalue weighted by atomic mass is 16.5. The molecule has 0 fully saturated rings. The number of furan rings is 1. The van der Waals surface area contributed by atoms with Crippen molar-refractivity contribution in [2.24, 2.45) is 5.73 Å². The maximum absolute atomic E-state index is 9.46. The SMILES string of the molecule is NC(Cc1ccc(O)c(O)c1)c1nc(-c2ccco2)no1. The molecule has 1 aromatic carbocycles. The summed E-state index contributed by atoms with van der Waals surface area (Å²) in [5, 5.41) is 22.5. The first kappa shape index (κ1) is 13.2. The Balaban J connectivity index is 1.76. The lowest BCUT2D eigenvalue weighted by atomic mass is 10.1. The van der Waals surface area contributed by atoms with Crippen LogP contribution in [0.3, 0.4) is 0 Å². The zero-order chi connectivity index (χ0) is 14.8. The Hall–Kier alpha value is -2.80. The number of rotatable bonds is 4. The summed E-state index contributed by atoms with van der Waals surface area (Å²) in [6.45, 7) is 0. The first-order valence-electron chi connectivity index (χ1n) is 6.27. The van der Waals surface area contributed by atoms with Gasteiger partial charge in [-0.3, -0.25) is 0 Å². The van der Waals surface area contributed by atoms with Gasteiger partial charge in [-0.2, -0.15) is 4.98 Å². The van der Waals surface area contributed by atoms with Gasteiger partial charge in [0.05, 0.1) is 12.3 Å². The third kappa shape index (κ3) is 2.72. The van der Waals surface area contributed by atoms with Crippen molar-refractivity contribution in [3.8, 4) is 23.1 Å². The molecule has 7 nitrogen and oxygen atoms in total. The van der Waals surface area contributed by atoms with Gasteiger partial charge in [0, 0.05) is 0 Å². The molecule has 0 saturated carbocycles. The van der Waals surface area contributed by atoms with Crippen LogP contribution in [0.25, 0.3) is 11.6 Å². The highest BCUT2D eigenvalue weighted by molar-refractivity contribution is 5.45. The lowest BCUT2D eigenvalue weighted by Gasteiger charge is -2.07. The van der Waals surface area contributed by atoms with Crippen molar-refractivity contribution in [2.45, 2.75) is 12.5 Å². The van der Waals surface area contributed by atoms with E-state index in [1.165, 1.54) is 18.4 Å². The maximum Gasteiger partial charge on any atom is 0.244 e. The van der Waals surface area contributed by atoms with Gasteiger partial charge in [-0.25, -0.2) is 0 Å². The number of nitrogens with two attached hydrogens (primary N) is 1. The number of phenolic OH excluding ortho intramolecular Hbond substituents is 2. The van der Waals surface area contributed by atoms with Crippen LogP contribution < -0.4 is 5.73 Å². The summed E-state index contributed by atoms with van der Waals surface area (Å²) in [6.07, 6.45) is 1.90. The van der Waals surface area contributed by atoms with Crippen LogP contribution in [0, 0.1) is 0 Å². The molecule has 4 N–H and O–H groups in total. The first-order chi connectivity index (χ1) is 10.1. The van der Waals surface area contributed by atoms with Crippen LogP contribution in [0.4, 0.5) is 0 Å². The second-order valence-electron chi connectivity index (χ2n) is 4.57. The van der Waals surface area contributed by atoms with E-state index in [0.29, 0.717) is 18.0 Å². The van der Waals surface area contributed by atoms with Crippen molar-refractivity contribution in [1.82, 2.24) is 10.1 Å². The molecule has 21 heavy (non-hydrogen) atoms. The van der Waals surface area contributed by atoms with E-state index in [2.05, 4.69) is 10.1 Å². The van der Waals surface area contributed by atoms with E-state index in [-0.39, 0.29) is 17.4 Å². The zero-order valence-electron chi connectivity index (χ0n) is 10.9. The quantitative estimate of drug-likeness (QED) is 0.628. The fourth-order valence-electron chi connectivity index (χ4n) is 1.93. The molecule has 0 amide bonds. The van der Waals surface area contributed by atoms with Gasteiger partial charge in [0.1, 0.15) is 0 Å². The summed E-state index contributed by atoms with van der Waals surface area (Å²) in [6, 6.07) is 7.44. The number of aromatic hydroxyl groups is 2. The Morgan fingerprint density at radius 1 is 1.19 bits per heavy atom. The van der Waals surface area contributed by atoms with Crippen LogP contribution in [0.5, 0.6) is 11.5 Å². The summed E-state index contributed by atoms with van der Waals surface area (Å²) >= 11 is 0. The summed E-state index contributed by atoms with van der Waals surface area (Å²) in [4.78, 5) is 4.18. The molecule has 1 atom stereocenters. The Morgan fingerprint density at radius 3 is 2.76 bits per heavy atom. The number of phenols is 2. The summed E-state index contributed by atoms with van der Waals surface area (Å²) in [5.74, 6) is 0.735. The molecule has 2 heterocycles. The van der Waals surface area contributed by atoms with Gasteiger partial charge in [-0.05, 0) is 36.2 Å². The topological polar surface area (TPSA) is 119 Å². The minimum atomic E-state index is -0.523. The van der Waals surface area contributed by atoms with Crippen LogP contribution in [0.1, 0.15) is 17.5 Å². The molecule has 0 spiro atoms. The fourth-order valence-corrected chi connectivity index (χ4v) is 1.93. The maximum atomic E-state index is 9.46. The average molecular weight is 287 g/mol. The molecule has 0 radical (unpaired) electrons. The van der Waals surface area contributed by atoms with E-state index >= 15 is 0 Å². The monoisotopic (exact) mass is 287 g/mol. The van der Waals surface area contributed by atoms with E-state index in [1.807, 2.05) is 0 Å². The second kappa shape index (κ2) is 5.29. The Labute approximate surface area is 119 Å². The molecule has 0 bridgehead atoms. The lowest BCUT2D eigenvalue weighted by Crippen LogP contribution is -2.13. The Bertz CT molecular complexity index is 737. The van der Waals surface area contributed by atoms with Gasteiger partial charge in [0.2, 0.25) is 11.7 Å². The minimum Gasteiger partial charge on any atom is -0.504 e. The normalized spacial score (nSPS) is 12.4. The molecule has 0 aliphatic heterocycles. The van der Waals surface area contributed by atoms with Gasteiger partial charge < -0.3 is 24.9 Å². The van der Waals surface area contributed by atoms with E-state index in [4.69, 9.17) is 14.7 Å². The van der Waals surface area contributed by atoms with Crippen LogP contribution in [-0.2, 0) is 6.42 Å². The summed E-state index contributed by atoms with van der Waals surface area (Å²) < 4.78 is 10.3. The van der Waals surface area contributed by atoms with Crippen LogP contribution in [-0.4, -0.2) is 20.4 Å². The largest absolute Gasteiger partial charge is 0.504 e. The Morgan fingerprint density at radius 2 is 2.05 bits per heavy atom. The van der Waals surface area contributed by atoms with Gasteiger partial charge in [0.15, 0.2) is 17.3 Å². The van der Waals surface area contributed by atoms with Crippen LogP contribution in [0.15, 0.2) is 45.5 Å². The second-order valence-corrected chi connectivity index (χ2v) is 4.57. The minimum absolute atomic E-state index is 0.176. The van der Waals surface area contributed by atoms with Gasteiger partial charge in [-0.1, -0.05) is 11.2 Å². The molecular weight excluding hydrogens is 274 g/mol. The van der Waals surface area contributed by atoms with Gasteiger partial charge in [0.25, 0.3) is 0 Å². The van der Waals surface area contributed by atoms with Gasteiger partial charge >= 0.3 is 0 Å². The number of hydrogen-bond donors (Lipinski definition) is 3. The van der Waals surface area contributed by atoms with Crippen LogP contribution >= 0.6 is 0 Å². The number of nitrogens with zero attached hydrogens (tertiary/aromatic N) is 2. The van der Waals surface area contributed by atoms with Crippen molar-refractivity contribution < 1.29 is 19.2 Å². The fraction of sp³-hybridized carbons (Fsp3) is 0.143. The van der Waals surface area contributed by atoms with E-state index < -0.39 is 6.04 Å². The molecule has 108 valence electrons. The van der Waals surface area contributed by atoms with Crippen molar-refractivity contribution >= 4 is 0 Å². The van der Waals surface area contributed by atoms with Crippen molar-refractivity contribution in [1.29, 1.82) is 0 Å². The van der Waals surface area contributed by atoms with Crippen LogP contribution in [0.2, 0.25) is 0 Å². The number of hydrogen-bond acceptors (Lipinski definition) is 7. The standard InChI is InChI=1S/C14H13N3O4/c15-9(6-8-3-4-10(18)11(19)7-8)14-16-13(17-21-14)12-2-1-5-20-12/h1-5,7,9,18-19H,6,15H2. The molecule has 2 aromatic heterocycles. The van der Waals surface area contributed by atoms with E-state index in [9.17, 15) is 10.2 Å². The third-order valence-corrected chi connectivity index (χ3v) is 3.00. The Kier molecular flexibility index (Phi) is 3.33. The van der Waals surface area contributed by atoms with Crippen molar-refractivity contribution in [3.63, 3.8) is 0 Å². The molecule has 1 unspecified atom stereocenters. The average Bonchev–Trinajstić information content (AvgIpc) is 3.12.